The van der Waals surface area contributed by atoms with Crippen LogP contribution in [0.2, 0.25) is 0 Å². The Morgan fingerprint density at radius 1 is 1.67 bits per heavy atom. The highest BCUT2D eigenvalue weighted by molar-refractivity contribution is 9.10. The zero-order valence-electron chi connectivity index (χ0n) is 6.88. The minimum Gasteiger partial charge on any atom is -0.366 e. The van der Waals surface area contributed by atoms with Gasteiger partial charge in [-0.3, -0.25) is 0 Å². The number of halogens is 2. The van der Waals surface area contributed by atoms with E-state index in [9.17, 15) is 4.39 Å². The number of nitrogens with two attached hydrogens (primary N) is 1. The van der Waals surface area contributed by atoms with Crippen molar-refractivity contribution in [3.8, 4) is 0 Å². The lowest BCUT2D eigenvalue weighted by atomic mass is 10.2. The average molecular weight is 237 g/mol. The predicted octanol–water partition coefficient (Wildman–Crippen LogP) is 1.37. The van der Waals surface area contributed by atoms with E-state index >= 15 is 0 Å². The highest BCUT2D eigenvalue weighted by Crippen LogP contribution is 2.15. The summed E-state index contributed by atoms with van der Waals surface area (Å²) >= 11 is 3.11. The van der Waals surface area contributed by atoms with Crippen molar-refractivity contribution in [1.29, 1.82) is 0 Å². The van der Waals surface area contributed by atoms with E-state index < -0.39 is 5.67 Å². The van der Waals surface area contributed by atoms with Crippen LogP contribution in [0.4, 0.5) is 10.3 Å². The van der Waals surface area contributed by atoms with Gasteiger partial charge in [-0.15, -0.1) is 5.10 Å². The van der Waals surface area contributed by atoms with Crippen LogP contribution in [0.5, 0.6) is 0 Å². The number of alkyl halides is 1. The molecule has 0 aromatic carbocycles. The molecule has 0 aliphatic carbocycles. The van der Waals surface area contributed by atoms with Gasteiger partial charge in [0.05, 0.1) is 6.54 Å². The van der Waals surface area contributed by atoms with E-state index in [1.807, 2.05) is 0 Å². The molecule has 0 saturated heterocycles. The van der Waals surface area contributed by atoms with Crippen LogP contribution in [0.3, 0.4) is 0 Å². The van der Waals surface area contributed by atoms with Gasteiger partial charge in [-0.2, -0.15) is 4.98 Å². The molecule has 0 unspecified atom stereocenters. The summed E-state index contributed by atoms with van der Waals surface area (Å²) in [5.74, 6) is 0.145. The SMILES string of the molecule is CC(C)(F)Cn1nc(N)nc1Br. The maximum Gasteiger partial charge on any atom is 0.240 e. The summed E-state index contributed by atoms with van der Waals surface area (Å²) in [6.07, 6.45) is 0. The summed E-state index contributed by atoms with van der Waals surface area (Å²) in [4.78, 5) is 3.77. The molecule has 0 bridgehead atoms. The molecular formula is C6H10BrFN4. The number of nitrogens with zero attached hydrogens (tertiary/aromatic N) is 3. The van der Waals surface area contributed by atoms with Crippen molar-refractivity contribution in [3.05, 3.63) is 4.73 Å². The van der Waals surface area contributed by atoms with Crippen molar-refractivity contribution >= 4 is 21.9 Å². The molecule has 0 saturated carbocycles. The third-order valence-corrected chi connectivity index (χ3v) is 1.76. The molecule has 1 rings (SSSR count). The molecule has 0 aliphatic heterocycles. The van der Waals surface area contributed by atoms with Crippen LogP contribution in [-0.4, -0.2) is 20.4 Å². The van der Waals surface area contributed by atoms with Crippen molar-refractivity contribution in [2.45, 2.75) is 26.1 Å². The van der Waals surface area contributed by atoms with Gasteiger partial charge < -0.3 is 5.73 Å². The first-order valence-corrected chi connectivity index (χ1v) is 4.22. The maximum absolute atomic E-state index is 13.1. The fourth-order valence-corrected chi connectivity index (χ4v) is 1.18. The molecule has 2 N–H and O–H groups in total. The van der Waals surface area contributed by atoms with E-state index in [0.717, 1.165) is 0 Å². The van der Waals surface area contributed by atoms with Crippen LogP contribution in [0.25, 0.3) is 0 Å². The summed E-state index contributed by atoms with van der Waals surface area (Å²) in [5.41, 5.74) is 3.99. The van der Waals surface area contributed by atoms with Crippen LogP contribution in [-0.2, 0) is 6.54 Å². The van der Waals surface area contributed by atoms with Crippen LogP contribution < -0.4 is 5.73 Å². The first-order valence-electron chi connectivity index (χ1n) is 3.43. The Bertz CT molecular complexity index is 278. The third-order valence-electron chi connectivity index (χ3n) is 1.17. The van der Waals surface area contributed by atoms with E-state index in [0.29, 0.717) is 4.73 Å². The Labute approximate surface area is 78.1 Å². The lowest BCUT2D eigenvalue weighted by Gasteiger charge is -2.13. The average Bonchev–Trinajstić information content (AvgIpc) is 2.06. The zero-order chi connectivity index (χ0) is 9.35. The molecule has 4 nitrogen and oxygen atoms in total. The second-order valence-electron chi connectivity index (χ2n) is 3.12. The Morgan fingerprint density at radius 3 is 2.58 bits per heavy atom. The summed E-state index contributed by atoms with van der Waals surface area (Å²) in [7, 11) is 0. The van der Waals surface area contributed by atoms with Crippen molar-refractivity contribution in [3.63, 3.8) is 0 Å². The van der Waals surface area contributed by atoms with Crippen molar-refractivity contribution in [2.24, 2.45) is 0 Å². The molecule has 6 heteroatoms. The zero-order valence-corrected chi connectivity index (χ0v) is 8.47. The van der Waals surface area contributed by atoms with E-state index in [1.165, 1.54) is 18.5 Å². The molecule has 0 atom stereocenters. The summed E-state index contributed by atoms with van der Waals surface area (Å²) in [5, 5.41) is 3.79. The minimum atomic E-state index is -1.32. The van der Waals surface area contributed by atoms with Gasteiger partial charge >= 0.3 is 0 Å². The standard InChI is InChI=1S/C6H10BrFN4/c1-6(2,8)3-12-4(7)10-5(9)11-12/h3H2,1-2H3,(H2,9,11). The molecule has 68 valence electrons. The van der Waals surface area contributed by atoms with Crippen molar-refractivity contribution in [1.82, 2.24) is 14.8 Å². The predicted molar refractivity (Wildman–Crippen MR) is 47.3 cm³/mol. The molecule has 1 aromatic heterocycles. The quantitative estimate of drug-likeness (QED) is 0.845. The van der Waals surface area contributed by atoms with Gasteiger partial charge in [0.2, 0.25) is 5.95 Å². The normalized spacial score (nSPS) is 12.0. The second-order valence-corrected chi connectivity index (χ2v) is 3.82. The van der Waals surface area contributed by atoms with Crippen molar-refractivity contribution < 1.29 is 4.39 Å². The van der Waals surface area contributed by atoms with E-state index in [4.69, 9.17) is 5.73 Å². The second kappa shape index (κ2) is 3.01. The number of hydrogen-bond acceptors (Lipinski definition) is 3. The first-order chi connectivity index (χ1) is 5.38. The van der Waals surface area contributed by atoms with Gasteiger partial charge in [-0.05, 0) is 29.8 Å². The topological polar surface area (TPSA) is 56.7 Å². The van der Waals surface area contributed by atoms with E-state index in [2.05, 4.69) is 26.0 Å². The Kier molecular flexibility index (Phi) is 2.36. The highest BCUT2D eigenvalue weighted by atomic mass is 79.9. The van der Waals surface area contributed by atoms with Gasteiger partial charge in [-0.25, -0.2) is 9.07 Å². The summed E-state index contributed by atoms with van der Waals surface area (Å²) in [6, 6.07) is 0. The molecule has 1 aromatic rings. The Hall–Kier alpha value is -0.650. The number of hydrogen-bond donors (Lipinski definition) is 1. The molecule has 0 radical (unpaired) electrons. The summed E-state index contributed by atoms with van der Waals surface area (Å²) < 4.78 is 14.9. The van der Waals surface area contributed by atoms with E-state index in [1.54, 1.807) is 0 Å². The smallest absolute Gasteiger partial charge is 0.240 e. The number of nitrogen functional groups attached to an aromatic ring is 1. The van der Waals surface area contributed by atoms with Crippen molar-refractivity contribution in [2.75, 3.05) is 5.73 Å². The molecule has 0 spiro atoms. The number of anilines is 1. The Balaban J connectivity index is 2.82. The molecule has 12 heavy (non-hydrogen) atoms. The molecule has 0 aliphatic rings. The van der Waals surface area contributed by atoms with Gasteiger partial charge in [0.25, 0.3) is 0 Å². The highest BCUT2D eigenvalue weighted by Gasteiger charge is 2.19. The fraction of sp³-hybridized carbons (Fsp3) is 0.667. The molecular weight excluding hydrogens is 227 g/mol. The summed E-state index contributed by atoms with van der Waals surface area (Å²) in [6.45, 7) is 3.08. The van der Waals surface area contributed by atoms with Crippen LogP contribution in [0.15, 0.2) is 4.73 Å². The van der Waals surface area contributed by atoms with Gasteiger partial charge in [-0.1, -0.05) is 0 Å². The largest absolute Gasteiger partial charge is 0.366 e. The van der Waals surface area contributed by atoms with Gasteiger partial charge in [0.15, 0.2) is 4.73 Å². The minimum absolute atomic E-state index is 0.137. The molecule has 0 amide bonds. The Morgan fingerprint density at radius 2 is 2.25 bits per heavy atom. The van der Waals surface area contributed by atoms with E-state index in [-0.39, 0.29) is 12.5 Å². The monoisotopic (exact) mass is 236 g/mol. The number of rotatable bonds is 2. The maximum atomic E-state index is 13.1. The molecule has 0 fully saturated rings. The fourth-order valence-electron chi connectivity index (χ4n) is 0.796. The van der Waals surface area contributed by atoms with Crippen LogP contribution >= 0.6 is 15.9 Å². The number of aromatic nitrogens is 3. The van der Waals surface area contributed by atoms with Gasteiger partial charge in [0.1, 0.15) is 5.67 Å². The lowest BCUT2D eigenvalue weighted by molar-refractivity contribution is 0.178. The van der Waals surface area contributed by atoms with Crippen LogP contribution in [0, 0.1) is 0 Å². The third kappa shape index (κ3) is 2.44. The first kappa shape index (κ1) is 9.44. The van der Waals surface area contributed by atoms with Crippen LogP contribution in [0.1, 0.15) is 13.8 Å². The molecule has 1 heterocycles. The van der Waals surface area contributed by atoms with Gasteiger partial charge in [0, 0.05) is 0 Å². The lowest BCUT2D eigenvalue weighted by Crippen LogP contribution is -2.21.